The van der Waals surface area contributed by atoms with Crippen LogP contribution in [0.3, 0.4) is 0 Å². The molecule has 0 aliphatic rings. The van der Waals surface area contributed by atoms with Crippen molar-refractivity contribution in [3.05, 3.63) is 35.6 Å². The Labute approximate surface area is 81.4 Å². The fraction of sp³-hybridized carbons (Fsp3) is 0.300. The van der Waals surface area contributed by atoms with Gasteiger partial charge >= 0.3 is 5.97 Å². The van der Waals surface area contributed by atoms with E-state index >= 15 is 0 Å². The molecule has 0 bridgehead atoms. The first-order chi connectivity index (χ1) is 6.52. The van der Waals surface area contributed by atoms with E-state index in [1.165, 1.54) is 12.1 Å². The standard InChI is InChI=1S/C10H12FNO2/c1-6(9(12)10(13)14)7-2-4-8(11)5-3-7/h2-6,9H,12H2,1H3,(H,13,14)/t6-,9-/m1/s1. The Balaban J connectivity index is 2.84. The van der Waals surface area contributed by atoms with Crippen LogP contribution in [0.1, 0.15) is 18.4 Å². The summed E-state index contributed by atoms with van der Waals surface area (Å²) in [5.74, 6) is -1.72. The van der Waals surface area contributed by atoms with Crippen molar-refractivity contribution >= 4 is 5.97 Å². The normalized spacial score (nSPS) is 14.8. The number of carboxylic acid groups (broad SMARTS) is 1. The molecule has 3 N–H and O–H groups in total. The van der Waals surface area contributed by atoms with Gasteiger partial charge in [0.2, 0.25) is 0 Å². The van der Waals surface area contributed by atoms with Gasteiger partial charge in [-0.15, -0.1) is 0 Å². The van der Waals surface area contributed by atoms with Gasteiger partial charge in [0.15, 0.2) is 0 Å². The fourth-order valence-corrected chi connectivity index (χ4v) is 1.19. The molecule has 0 radical (unpaired) electrons. The SMILES string of the molecule is C[C@H](c1ccc(F)cc1)[C@@H](N)C(=O)O. The number of aliphatic carboxylic acids is 1. The van der Waals surface area contributed by atoms with E-state index in [-0.39, 0.29) is 11.7 Å². The van der Waals surface area contributed by atoms with E-state index in [4.69, 9.17) is 10.8 Å². The fourth-order valence-electron chi connectivity index (χ4n) is 1.19. The van der Waals surface area contributed by atoms with E-state index in [1.807, 2.05) is 0 Å². The third-order valence-electron chi connectivity index (χ3n) is 2.22. The predicted molar refractivity (Wildman–Crippen MR) is 50.4 cm³/mol. The Hall–Kier alpha value is -1.42. The lowest BCUT2D eigenvalue weighted by molar-refractivity contribution is -0.139. The molecule has 0 saturated carbocycles. The van der Waals surface area contributed by atoms with Crippen molar-refractivity contribution in [2.75, 3.05) is 0 Å². The first-order valence-corrected chi connectivity index (χ1v) is 4.26. The third kappa shape index (κ3) is 2.29. The zero-order valence-electron chi connectivity index (χ0n) is 7.77. The average Bonchev–Trinajstić information content (AvgIpc) is 2.16. The lowest BCUT2D eigenvalue weighted by atomic mass is 9.94. The van der Waals surface area contributed by atoms with Crippen molar-refractivity contribution in [1.82, 2.24) is 0 Å². The second-order valence-corrected chi connectivity index (χ2v) is 3.20. The summed E-state index contributed by atoms with van der Waals surface area (Å²) in [6.07, 6.45) is 0. The van der Waals surface area contributed by atoms with Crippen LogP contribution in [0.2, 0.25) is 0 Å². The van der Waals surface area contributed by atoms with Crippen LogP contribution in [0.5, 0.6) is 0 Å². The number of carboxylic acids is 1. The van der Waals surface area contributed by atoms with Crippen molar-refractivity contribution in [3.63, 3.8) is 0 Å². The molecule has 1 aromatic rings. The van der Waals surface area contributed by atoms with Gasteiger partial charge in [0, 0.05) is 5.92 Å². The molecule has 0 unspecified atom stereocenters. The summed E-state index contributed by atoms with van der Waals surface area (Å²) in [6.45, 7) is 1.70. The molecule has 0 aliphatic carbocycles. The van der Waals surface area contributed by atoms with Crippen LogP contribution >= 0.6 is 0 Å². The van der Waals surface area contributed by atoms with Crippen LogP contribution in [-0.2, 0) is 4.79 Å². The minimum atomic E-state index is -1.05. The molecule has 0 spiro atoms. The van der Waals surface area contributed by atoms with Gasteiger partial charge in [-0.25, -0.2) is 4.39 Å². The molecule has 1 aromatic carbocycles. The summed E-state index contributed by atoms with van der Waals surface area (Å²) >= 11 is 0. The molecule has 14 heavy (non-hydrogen) atoms. The van der Waals surface area contributed by atoms with Gasteiger partial charge in [-0.05, 0) is 17.7 Å². The molecule has 0 saturated heterocycles. The number of benzene rings is 1. The molecule has 3 nitrogen and oxygen atoms in total. The van der Waals surface area contributed by atoms with E-state index in [0.717, 1.165) is 5.56 Å². The van der Waals surface area contributed by atoms with Gasteiger partial charge in [-0.1, -0.05) is 19.1 Å². The summed E-state index contributed by atoms with van der Waals surface area (Å²) in [5.41, 5.74) is 6.16. The third-order valence-corrected chi connectivity index (χ3v) is 2.22. The van der Waals surface area contributed by atoms with Gasteiger partial charge < -0.3 is 10.8 Å². The van der Waals surface area contributed by atoms with Crippen LogP contribution in [0, 0.1) is 5.82 Å². The number of hydrogen-bond donors (Lipinski definition) is 2. The maximum absolute atomic E-state index is 12.6. The first-order valence-electron chi connectivity index (χ1n) is 4.26. The zero-order valence-corrected chi connectivity index (χ0v) is 7.77. The predicted octanol–water partition coefficient (Wildman–Crippen LogP) is 1.34. The highest BCUT2D eigenvalue weighted by molar-refractivity contribution is 5.74. The van der Waals surface area contributed by atoms with Crippen molar-refractivity contribution in [2.45, 2.75) is 18.9 Å². The molecule has 0 aliphatic heterocycles. The van der Waals surface area contributed by atoms with Crippen LogP contribution in [0.15, 0.2) is 24.3 Å². The summed E-state index contributed by atoms with van der Waals surface area (Å²) < 4.78 is 12.6. The van der Waals surface area contributed by atoms with Gasteiger partial charge in [0.25, 0.3) is 0 Å². The highest BCUT2D eigenvalue weighted by Crippen LogP contribution is 2.18. The van der Waals surface area contributed by atoms with Crippen molar-refractivity contribution < 1.29 is 14.3 Å². The molecular formula is C10H12FNO2. The summed E-state index contributed by atoms with van der Waals surface area (Å²) in [6, 6.07) is 4.72. The number of carbonyl (C=O) groups is 1. The number of rotatable bonds is 3. The number of hydrogen-bond acceptors (Lipinski definition) is 2. The number of nitrogens with two attached hydrogens (primary N) is 1. The average molecular weight is 197 g/mol. The quantitative estimate of drug-likeness (QED) is 0.768. The van der Waals surface area contributed by atoms with E-state index in [1.54, 1.807) is 19.1 Å². The summed E-state index contributed by atoms with van der Waals surface area (Å²) in [5, 5.41) is 8.67. The van der Waals surface area contributed by atoms with Crippen LogP contribution in [-0.4, -0.2) is 17.1 Å². The van der Waals surface area contributed by atoms with E-state index < -0.39 is 12.0 Å². The second kappa shape index (κ2) is 4.19. The zero-order chi connectivity index (χ0) is 10.7. The van der Waals surface area contributed by atoms with Crippen LogP contribution < -0.4 is 5.73 Å². The molecule has 0 aromatic heterocycles. The Morgan fingerprint density at radius 2 is 1.93 bits per heavy atom. The van der Waals surface area contributed by atoms with Gasteiger partial charge in [0.05, 0.1) is 0 Å². The molecule has 1 rings (SSSR count). The maximum atomic E-state index is 12.6. The number of halogens is 1. The smallest absolute Gasteiger partial charge is 0.321 e. The minimum absolute atomic E-state index is 0.326. The van der Waals surface area contributed by atoms with Crippen LogP contribution in [0.4, 0.5) is 4.39 Å². The van der Waals surface area contributed by atoms with Crippen LogP contribution in [0.25, 0.3) is 0 Å². The highest BCUT2D eigenvalue weighted by atomic mass is 19.1. The van der Waals surface area contributed by atoms with E-state index in [0.29, 0.717) is 0 Å². The lowest BCUT2D eigenvalue weighted by Gasteiger charge is -2.15. The Kier molecular flexibility index (Phi) is 3.19. The minimum Gasteiger partial charge on any atom is -0.480 e. The maximum Gasteiger partial charge on any atom is 0.321 e. The van der Waals surface area contributed by atoms with Crippen molar-refractivity contribution in [2.24, 2.45) is 5.73 Å². The van der Waals surface area contributed by atoms with Gasteiger partial charge in [-0.3, -0.25) is 4.79 Å². The summed E-state index contributed by atoms with van der Waals surface area (Å²) in [4.78, 5) is 10.6. The Morgan fingerprint density at radius 3 is 2.36 bits per heavy atom. The first kappa shape index (κ1) is 10.7. The Morgan fingerprint density at radius 1 is 1.43 bits per heavy atom. The van der Waals surface area contributed by atoms with E-state index in [2.05, 4.69) is 0 Å². The van der Waals surface area contributed by atoms with Gasteiger partial charge in [0.1, 0.15) is 11.9 Å². The topological polar surface area (TPSA) is 63.3 Å². The van der Waals surface area contributed by atoms with Gasteiger partial charge in [-0.2, -0.15) is 0 Å². The molecule has 4 heteroatoms. The van der Waals surface area contributed by atoms with E-state index in [9.17, 15) is 9.18 Å². The highest BCUT2D eigenvalue weighted by Gasteiger charge is 2.21. The largest absolute Gasteiger partial charge is 0.480 e. The van der Waals surface area contributed by atoms with Crippen molar-refractivity contribution in [3.8, 4) is 0 Å². The molecule has 0 fully saturated rings. The second-order valence-electron chi connectivity index (χ2n) is 3.20. The molecule has 76 valence electrons. The summed E-state index contributed by atoms with van der Waals surface area (Å²) in [7, 11) is 0. The molecule has 0 heterocycles. The monoisotopic (exact) mass is 197 g/mol. The lowest BCUT2D eigenvalue weighted by Crippen LogP contribution is -2.35. The molecule has 2 atom stereocenters. The molecular weight excluding hydrogens is 185 g/mol. The van der Waals surface area contributed by atoms with Crippen molar-refractivity contribution in [1.29, 1.82) is 0 Å². The Bertz CT molecular complexity index is 323. The molecule has 0 amide bonds.